The van der Waals surface area contributed by atoms with Crippen molar-refractivity contribution in [1.29, 1.82) is 0 Å². The summed E-state index contributed by atoms with van der Waals surface area (Å²) in [7, 11) is -4.03. The zero-order valence-electron chi connectivity index (χ0n) is 16.8. The van der Waals surface area contributed by atoms with E-state index in [9.17, 15) is 23.3 Å². The lowest BCUT2D eigenvalue weighted by atomic mass is 10.1. The van der Waals surface area contributed by atoms with E-state index in [1.165, 1.54) is 36.4 Å². The lowest BCUT2D eigenvalue weighted by Gasteiger charge is -2.26. The molecule has 0 saturated carbocycles. The number of rotatable bonds is 8. The molecule has 0 spiro atoms. The quantitative estimate of drug-likeness (QED) is 0.422. The Balaban J connectivity index is 1.96. The Morgan fingerprint density at radius 3 is 2.35 bits per heavy atom. The number of nitrogens with zero attached hydrogens (tertiary/aromatic N) is 2. The molecule has 0 fully saturated rings. The maximum atomic E-state index is 13.4. The Kier molecular flexibility index (Phi) is 6.66. The van der Waals surface area contributed by atoms with Gasteiger partial charge in [0, 0.05) is 17.8 Å². The molecule has 8 nitrogen and oxygen atoms in total. The molecule has 0 atom stereocenters. The van der Waals surface area contributed by atoms with Crippen LogP contribution in [0, 0.1) is 10.1 Å². The van der Waals surface area contributed by atoms with Crippen LogP contribution in [0.2, 0.25) is 0 Å². The smallest absolute Gasteiger partial charge is 0.271 e. The third-order valence-electron chi connectivity index (χ3n) is 4.60. The van der Waals surface area contributed by atoms with Crippen LogP contribution in [0.4, 0.5) is 17.1 Å². The molecule has 160 valence electrons. The zero-order chi connectivity index (χ0) is 22.4. The van der Waals surface area contributed by atoms with Gasteiger partial charge in [0.15, 0.2) is 0 Å². The number of hydrogen-bond acceptors (Lipinski definition) is 5. The maximum absolute atomic E-state index is 13.4. The molecule has 0 aliphatic heterocycles. The molecule has 1 N–H and O–H groups in total. The van der Waals surface area contributed by atoms with Crippen LogP contribution in [0.15, 0.2) is 83.8 Å². The van der Waals surface area contributed by atoms with Gasteiger partial charge >= 0.3 is 0 Å². The SMILES string of the molecule is CCc1ccccc1N(CC(=O)Nc1cccc([N+](=O)[O-])c1)S(=O)(=O)c1ccccc1. The number of nitro benzene ring substituents is 1. The van der Waals surface area contributed by atoms with Gasteiger partial charge in [0.05, 0.1) is 15.5 Å². The van der Waals surface area contributed by atoms with Crippen molar-refractivity contribution in [3.63, 3.8) is 0 Å². The highest BCUT2D eigenvalue weighted by molar-refractivity contribution is 7.92. The number of nitrogens with one attached hydrogen (secondary N) is 1. The molecule has 0 bridgehead atoms. The first-order valence-corrected chi connectivity index (χ1v) is 11.0. The minimum absolute atomic E-state index is 0.0593. The van der Waals surface area contributed by atoms with Crippen LogP contribution in [0.25, 0.3) is 0 Å². The zero-order valence-corrected chi connectivity index (χ0v) is 17.6. The van der Waals surface area contributed by atoms with Crippen LogP contribution in [0.5, 0.6) is 0 Å². The maximum Gasteiger partial charge on any atom is 0.271 e. The summed E-state index contributed by atoms with van der Waals surface area (Å²) in [6.07, 6.45) is 0.573. The Labute approximate surface area is 180 Å². The summed E-state index contributed by atoms with van der Waals surface area (Å²) in [6.45, 7) is 1.41. The normalized spacial score (nSPS) is 11.0. The molecule has 0 aromatic heterocycles. The molecule has 0 saturated heterocycles. The summed E-state index contributed by atoms with van der Waals surface area (Å²) >= 11 is 0. The number of sulfonamides is 1. The van der Waals surface area contributed by atoms with Crippen LogP contribution < -0.4 is 9.62 Å². The molecular formula is C22H21N3O5S. The number of benzene rings is 3. The molecule has 0 aliphatic rings. The Hall–Kier alpha value is -3.72. The number of carbonyl (C=O) groups excluding carboxylic acids is 1. The highest BCUT2D eigenvalue weighted by Gasteiger charge is 2.28. The summed E-state index contributed by atoms with van der Waals surface area (Å²) in [6, 6.07) is 20.3. The second-order valence-corrected chi connectivity index (χ2v) is 8.52. The van der Waals surface area contributed by atoms with E-state index < -0.39 is 27.4 Å². The van der Waals surface area contributed by atoms with E-state index in [4.69, 9.17) is 0 Å². The van der Waals surface area contributed by atoms with Crippen molar-refractivity contribution in [2.75, 3.05) is 16.2 Å². The Morgan fingerprint density at radius 1 is 1.00 bits per heavy atom. The lowest BCUT2D eigenvalue weighted by Crippen LogP contribution is -2.38. The van der Waals surface area contributed by atoms with E-state index in [1.807, 2.05) is 6.92 Å². The molecular weight excluding hydrogens is 418 g/mol. The van der Waals surface area contributed by atoms with Gasteiger partial charge in [-0.2, -0.15) is 0 Å². The third-order valence-corrected chi connectivity index (χ3v) is 6.37. The lowest BCUT2D eigenvalue weighted by molar-refractivity contribution is -0.384. The van der Waals surface area contributed by atoms with E-state index in [0.717, 1.165) is 9.87 Å². The van der Waals surface area contributed by atoms with Gasteiger partial charge in [-0.05, 0) is 36.2 Å². The van der Waals surface area contributed by atoms with Crippen LogP contribution in [-0.4, -0.2) is 25.8 Å². The van der Waals surface area contributed by atoms with Crippen molar-refractivity contribution in [2.24, 2.45) is 0 Å². The van der Waals surface area contributed by atoms with E-state index in [0.29, 0.717) is 12.1 Å². The number of aryl methyl sites for hydroxylation is 1. The molecule has 9 heteroatoms. The van der Waals surface area contributed by atoms with E-state index in [-0.39, 0.29) is 16.3 Å². The van der Waals surface area contributed by atoms with Crippen molar-refractivity contribution in [2.45, 2.75) is 18.2 Å². The van der Waals surface area contributed by atoms with Gasteiger partial charge in [0.1, 0.15) is 6.54 Å². The number of carbonyl (C=O) groups is 1. The van der Waals surface area contributed by atoms with Crippen molar-refractivity contribution in [3.8, 4) is 0 Å². The van der Waals surface area contributed by atoms with Crippen LogP contribution in [0.3, 0.4) is 0 Å². The van der Waals surface area contributed by atoms with Crippen molar-refractivity contribution in [3.05, 3.63) is 94.5 Å². The Bertz CT molecular complexity index is 1200. The minimum atomic E-state index is -4.03. The second-order valence-electron chi connectivity index (χ2n) is 6.66. The Morgan fingerprint density at radius 2 is 1.68 bits per heavy atom. The number of nitro groups is 1. The van der Waals surface area contributed by atoms with Crippen molar-refractivity contribution in [1.82, 2.24) is 0 Å². The van der Waals surface area contributed by atoms with E-state index in [2.05, 4.69) is 5.32 Å². The molecule has 0 heterocycles. The summed E-state index contributed by atoms with van der Waals surface area (Å²) in [5.41, 5.74) is 1.20. The van der Waals surface area contributed by atoms with Gasteiger partial charge in [-0.1, -0.05) is 49.4 Å². The summed E-state index contributed by atoms with van der Waals surface area (Å²) in [5, 5.41) is 13.5. The summed E-state index contributed by atoms with van der Waals surface area (Å²) < 4.78 is 27.8. The van der Waals surface area contributed by atoms with Gasteiger partial charge in [-0.3, -0.25) is 19.2 Å². The minimum Gasteiger partial charge on any atom is -0.324 e. The molecule has 31 heavy (non-hydrogen) atoms. The average molecular weight is 439 g/mol. The van der Waals surface area contributed by atoms with Crippen LogP contribution >= 0.6 is 0 Å². The van der Waals surface area contributed by atoms with Gasteiger partial charge in [0.25, 0.3) is 15.7 Å². The fourth-order valence-electron chi connectivity index (χ4n) is 3.10. The highest BCUT2D eigenvalue weighted by atomic mass is 32.2. The molecule has 1 amide bonds. The highest BCUT2D eigenvalue weighted by Crippen LogP contribution is 2.27. The van der Waals surface area contributed by atoms with Gasteiger partial charge in [0.2, 0.25) is 5.91 Å². The topological polar surface area (TPSA) is 110 Å². The van der Waals surface area contributed by atoms with Crippen molar-refractivity contribution < 1.29 is 18.1 Å². The van der Waals surface area contributed by atoms with E-state index in [1.54, 1.807) is 42.5 Å². The summed E-state index contributed by atoms with van der Waals surface area (Å²) in [5.74, 6) is -0.620. The standard InChI is InChI=1S/C22H21N3O5S/c1-2-17-9-6-7-14-21(17)24(31(29,30)20-12-4-3-5-13-20)16-22(26)23-18-10-8-11-19(15-18)25(27)28/h3-15H,2,16H2,1H3,(H,23,26). The monoisotopic (exact) mass is 439 g/mol. The second kappa shape index (κ2) is 9.40. The number of amides is 1. The van der Waals surface area contributed by atoms with Gasteiger partial charge < -0.3 is 5.32 Å². The molecule has 3 rings (SSSR count). The predicted octanol–water partition coefficient (Wildman–Crippen LogP) is 3.99. The van der Waals surface area contributed by atoms with Gasteiger partial charge in [-0.15, -0.1) is 0 Å². The fraction of sp³-hybridized carbons (Fsp3) is 0.136. The summed E-state index contributed by atoms with van der Waals surface area (Å²) in [4.78, 5) is 23.2. The largest absolute Gasteiger partial charge is 0.324 e. The van der Waals surface area contributed by atoms with E-state index >= 15 is 0 Å². The molecule has 0 unspecified atom stereocenters. The van der Waals surface area contributed by atoms with Crippen LogP contribution in [0.1, 0.15) is 12.5 Å². The molecule has 0 aliphatic carbocycles. The molecule has 3 aromatic carbocycles. The first-order valence-electron chi connectivity index (χ1n) is 9.53. The fourth-order valence-corrected chi connectivity index (χ4v) is 4.58. The molecule has 0 radical (unpaired) electrons. The first-order chi connectivity index (χ1) is 14.8. The number of para-hydroxylation sites is 1. The van der Waals surface area contributed by atoms with Gasteiger partial charge in [-0.25, -0.2) is 8.42 Å². The van der Waals surface area contributed by atoms with Crippen molar-refractivity contribution >= 4 is 33.0 Å². The third kappa shape index (κ3) is 5.07. The van der Waals surface area contributed by atoms with Crippen LogP contribution in [-0.2, 0) is 21.2 Å². The predicted molar refractivity (Wildman–Crippen MR) is 119 cm³/mol. The first kappa shape index (κ1) is 22.0. The molecule has 3 aromatic rings. The number of anilines is 2. The number of hydrogen-bond donors (Lipinski definition) is 1. The number of non-ortho nitro benzene ring substituents is 1. The average Bonchev–Trinajstić information content (AvgIpc) is 2.78.